The third-order valence-electron chi connectivity index (χ3n) is 6.68. The maximum absolute atomic E-state index is 10.7. The molecule has 0 aromatic heterocycles. The minimum absolute atomic E-state index is 0.164. The summed E-state index contributed by atoms with van der Waals surface area (Å²) in [6.45, 7) is 1.94. The lowest BCUT2D eigenvalue weighted by molar-refractivity contribution is -0.179. The number of aliphatic hydroxyl groups is 3. The van der Waals surface area contributed by atoms with E-state index in [9.17, 15) is 15.3 Å². The predicted octanol–water partition coefficient (Wildman–Crippen LogP) is 3.02. The Morgan fingerprint density at radius 2 is 1.77 bits per heavy atom. The number of benzene rings is 2. The summed E-state index contributed by atoms with van der Waals surface area (Å²) in [7, 11) is 1.67. The molecule has 0 radical (unpaired) electrons. The normalized spacial score (nSPS) is 26.3. The van der Waals surface area contributed by atoms with Crippen molar-refractivity contribution in [3.8, 4) is 5.75 Å². The monoisotopic (exact) mass is 412 g/mol. The van der Waals surface area contributed by atoms with Crippen LogP contribution in [0.25, 0.3) is 0 Å². The van der Waals surface area contributed by atoms with Gasteiger partial charge < -0.3 is 24.8 Å². The molecule has 0 amide bonds. The first-order valence-corrected chi connectivity index (χ1v) is 10.9. The van der Waals surface area contributed by atoms with Gasteiger partial charge in [0, 0.05) is 6.42 Å². The van der Waals surface area contributed by atoms with Crippen molar-refractivity contribution in [3.05, 3.63) is 63.7 Å². The highest BCUT2D eigenvalue weighted by atomic mass is 16.5. The molecule has 1 aliphatic carbocycles. The summed E-state index contributed by atoms with van der Waals surface area (Å²) in [6.07, 6.45) is 2.50. The SMILES string of the molecule is COc1ccc(Cc2cc([C@@H]3O[C@H](CO)C[C@H](O)C3O)c(C)c3c2CCCC3)cc1. The van der Waals surface area contributed by atoms with Crippen LogP contribution in [0.15, 0.2) is 30.3 Å². The Kier molecular flexibility index (Phi) is 6.44. The van der Waals surface area contributed by atoms with E-state index in [1.54, 1.807) is 7.11 Å². The number of aliphatic hydroxyl groups excluding tert-OH is 3. The first kappa shape index (κ1) is 21.3. The Balaban J connectivity index is 1.74. The molecular formula is C25H32O5. The molecule has 4 atom stereocenters. The minimum atomic E-state index is -0.998. The molecule has 1 heterocycles. The van der Waals surface area contributed by atoms with Crippen LogP contribution >= 0.6 is 0 Å². The molecule has 2 aromatic rings. The second-order valence-corrected chi connectivity index (χ2v) is 8.59. The van der Waals surface area contributed by atoms with Gasteiger partial charge in [-0.15, -0.1) is 0 Å². The summed E-state index contributed by atoms with van der Waals surface area (Å²) in [6, 6.07) is 10.3. The van der Waals surface area contributed by atoms with E-state index in [-0.39, 0.29) is 13.0 Å². The van der Waals surface area contributed by atoms with Crippen molar-refractivity contribution in [2.45, 2.75) is 69.9 Å². The second kappa shape index (κ2) is 9.06. The molecule has 1 aliphatic heterocycles. The van der Waals surface area contributed by atoms with Gasteiger partial charge in [-0.3, -0.25) is 0 Å². The molecule has 5 nitrogen and oxygen atoms in total. The van der Waals surface area contributed by atoms with Crippen LogP contribution in [0.1, 0.15) is 58.7 Å². The Morgan fingerprint density at radius 1 is 1.07 bits per heavy atom. The fourth-order valence-electron chi connectivity index (χ4n) is 4.98. The van der Waals surface area contributed by atoms with Gasteiger partial charge in [-0.2, -0.15) is 0 Å². The number of fused-ring (bicyclic) bond motifs is 1. The fourth-order valence-corrected chi connectivity index (χ4v) is 4.98. The maximum Gasteiger partial charge on any atom is 0.118 e. The molecule has 5 heteroatoms. The van der Waals surface area contributed by atoms with Gasteiger partial charge in [0.05, 0.1) is 25.9 Å². The second-order valence-electron chi connectivity index (χ2n) is 8.59. The van der Waals surface area contributed by atoms with E-state index in [2.05, 4.69) is 25.1 Å². The minimum Gasteiger partial charge on any atom is -0.497 e. The van der Waals surface area contributed by atoms with Crippen LogP contribution in [0.2, 0.25) is 0 Å². The van der Waals surface area contributed by atoms with Crippen LogP contribution in [0.5, 0.6) is 5.75 Å². The smallest absolute Gasteiger partial charge is 0.118 e. The molecule has 0 bridgehead atoms. The molecule has 1 saturated heterocycles. The highest BCUT2D eigenvalue weighted by Gasteiger charge is 2.38. The summed E-state index contributed by atoms with van der Waals surface area (Å²) >= 11 is 0. The van der Waals surface area contributed by atoms with E-state index in [1.807, 2.05) is 12.1 Å². The molecule has 1 unspecified atom stereocenters. The van der Waals surface area contributed by atoms with E-state index in [1.165, 1.54) is 28.7 Å². The zero-order chi connectivity index (χ0) is 21.3. The molecule has 0 saturated carbocycles. The molecule has 1 fully saturated rings. The standard InChI is InChI=1S/C25H32O5/c1-15-20-5-3-4-6-21(20)17(11-16-7-9-18(29-2)10-8-16)12-22(15)25-24(28)23(27)13-19(14-26)30-25/h7-10,12,19,23-28H,3-6,11,13-14H2,1-2H3/t19-,23-,24?,25-/m0/s1. The highest BCUT2D eigenvalue weighted by Crippen LogP contribution is 2.39. The highest BCUT2D eigenvalue weighted by molar-refractivity contribution is 5.50. The van der Waals surface area contributed by atoms with Crippen LogP contribution in [0.3, 0.4) is 0 Å². The average Bonchev–Trinajstić information content (AvgIpc) is 2.78. The quantitative estimate of drug-likeness (QED) is 0.704. The van der Waals surface area contributed by atoms with Crippen molar-refractivity contribution in [3.63, 3.8) is 0 Å². The Labute approximate surface area is 178 Å². The Hall–Kier alpha value is -1.92. The van der Waals surface area contributed by atoms with E-state index in [0.29, 0.717) is 0 Å². The topological polar surface area (TPSA) is 79.2 Å². The molecular weight excluding hydrogens is 380 g/mol. The molecule has 3 N–H and O–H groups in total. The molecule has 30 heavy (non-hydrogen) atoms. The summed E-state index contributed by atoms with van der Waals surface area (Å²) in [4.78, 5) is 0. The number of hydrogen-bond donors (Lipinski definition) is 3. The van der Waals surface area contributed by atoms with Crippen LogP contribution in [0.4, 0.5) is 0 Å². The van der Waals surface area contributed by atoms with Gasteiger partial charge in [-0.05, 0) is 84.5 Å². The first-order valence-electron chi connectivity index (χ1n) is 10.9. The van der Waals surface area contributed by atoms with Crippen molar-refractivity contribution in [1.82, 2.24) is 0 Å². The molecule has 4 rings (SSSR count). The summed E-state index contributed by atoms with van der Waals surface area (Å²) in [5.41, 5.74) is 7.33. The number of methoxy groups -OCH3 is 1. The fraction of sp³-hybridized carbons (Fsp3) is 0.520. The van der Waals surface area contributed by atoms with Crippen molar-refractivity contribution in [2.75, 3.05) is 13.7 Å². The van der Waals surface area contributed by atoms with E-state index < -0.39 is 24.4 Å². The lowest BCUT2D eigenvalue weighted by atomic mass is 9.79. The lowest BCUT2D eigenvalue weighted by Gasteiger charge is -2.38. The van der Waals surface area contributed by atoms with Crippen LogP contribution in [-0.4, -0.2) is 47.3 Å². The number of rotatable bonds is 5. The molecule has 2 aromatic carbocycles. The van der Waals surface area contributed by atoms with Gasteiger partial charge in [0.15, 0.2) is 0 Å². The number of ether oxygens (including phenoxy) is 2. The Morgan fingerprint density at radius 3 is 2.43 bits per heavy atom. The van der Waals surface area contributed by atoms with Crippen molar-refractivity contribution in [2.24, 2.45) is 0 Å². The van der Waals surface area contributed by atoms with E-state index >= 15 is 0 Å². The zero-order valence-corrected chi connectivity index (χ0v) is 17.8. The maximum atomic E-state index is 10.7. The van der Waals surface area contributed by atoms with Crippen LogP contribution in [0, 0.1) is 6.92 Å². The largest absolute Gasteiger partial charge is 0.497 e. The average molecular weight is 413 g/mol. The predicted molar refractivity (Wildman–Crippen MR) is 115 cm³/mol. The van der Waals surface area contributed by atoms with Gasteiger partial charge in [0.25, 0.3) is 0 Å². The van der Waals surface area contributed by atoms with Gasteiger partial charge in [0.1, 0.15) is 18.0 Å². The zero-order valence-electron chi connectivity index (χ0n) is 17.8. The molecule has 2 aliphatic rings. The van der Waals surface area contributed by atoms with E-state index in [0.717, 1.165) is 42.6 Å². The van der Waals surface area contributed by atoms with Gasteiger partial charge in [-0.1, -0.05) is 18.2 Å². The van der Waals surface area contributed by atoms with Crippen LogP contribution in [-0.2, 0) is 24.0 Å². The van der Waals surface area contributed by atoms with Gasteiger partial charge >= 0.3 is 0 Å². The van der Waals surface area contributed by atoms with Crippen molar-refractivity contribution >= 4 is 0 Å². The Bertz CT molecular complexity index is 876. The summed E-state index contributed by atoms with van der Waals surface area (Å²) in [5.74, 6) is 0.841. The summed E-state index contributed by atoms with van der Waals surface area (Å²) in [5, 5.41) is 30.6. The molecule has 162 valence electrons. The van der Waals surface area contributed by atoms with Crippen molar-refractivity contribution < 1.29 is 24.8 Å². The number of hydrogen-bond acceptors (Lipinski definition) is 5. The van der Waals surface area contributed by atoms with E-state index in [4.69, 9.17) is 9.47 Å². The van der Waals surface area contributed by atoms with Gasteiger partial charge in [-0.25, -0.2) is 0 Å². The third kappa shape index (κ3) is 4.12. The van der Waals surface area contributed by atoms with Gasteiger partial charge in [0.2, 0.25) is 0 Å². The van der Waals surface area contributed by atoms with Crippen LogP contribution < -0.4 is 4.74 Å². The van der Waals surface area contributed by atoms with Crippen molar-refractivity contribution in [1.29, 1.82) is 0 Å². The lowest BCUT2D eigenvalue weighted by Crippen LogP contribution is -2.45. The first-order chi connectivity index (χ1) is 14.5. The molecule has 0 spiro atoms. The third-order valence-corrected chi connectivity index (χ3v) is 6.68. The summed E-state index contributed by atoms with van der Waals surface area (Å²) < 4.78 is 11.3.